The van der Waals surface area contributed by atoms with Crippen LogP contribution in [0.25, 0.3) is 10.9 Å². The minimum absolute atomic E-state index is 0.0863. The molecule has 7 heteroatoms. The van der Waals surface area contributed by atoms with E-state index < -0.39 is 5.97 Å². The van der Waals surface area contributed by atoms with E-state index >= 15 is 0 Å². The predicted molar refractivity (Wildman–Crippen MR) is 131 cm³/mol. The molecule has 0 radical (unpaired) electrons. The van der Waals surface area contributed by atoms with Crippen molar-refractivity contribution in [1.29, 1.82) is 0 Å². The highest BCUT2D eigenvalue weighted by molar-refractivity contribution is 9.10. The maximum atomic E-state index is 11.3. The number of carboxylic acid groups (broad SMARTS) is 1. The largest absolute Gasteiger partial charge is 0.478 e. The number of aromatic carboxylic acids is 1. The highest BCUT2D eigenvalue weighted by Crippen LogP contribution is 2.35. The summed E-state index contributed by atoms with van der Waals surface area (Å²) in [5.41, 5.74) is 4.08. The Balaban J connectivity index is 1.27. The molecule has 6 nitrogen and oxygen atoms in total. The SMILES string of the molecule is O=C(O)c1ccc(Br)c(CN2CCC(c3cn(CCC4OCCO4)c4ccccc34)CC2)c1. The number of fused-ring (bicyclic) bond motifs is 1. The molecule has 0 atom stereocenters. The van der Waals surface area contributed by atoms with Gasteiger partial charge in [-0.05, 0) is 67.2 Å². The fourth-order valence-electron chi connectivity index (χ4n) is 5.08. The maximum absolute atomic E-state index is 11.3. The number of para-hydroxylation sites is 1. The van der Waals surface area contributed by atoms with Crippen LogP contribution < -0.4 is 0 Å². The van der Waals surface area contributed by atoms with Crippen molar-refractivity contribution in [3.05, 3.63) is 69.8 Å². The van der Waals surface area contributed by atoms with Crippen molar-refractivity contribution in [2.45, 2.75) is 44.6 Å². The van der Waals surface area contributed by atoms with E-state index in [-0.39, 0.29) is 6.29 Å². The highest BCUT2D eigenvalue weighted by atomic mass is 79.9. The van der Waals surface area contributed by atoms with Gasteiger partial charge >= 0.3 is 5.97 Å². The quantitative estimate of drug-likeness (QED) is 0.468. The number of hydrogen-bond acceptors (Lipinski definition) is 4. The van der Waals surface area contributed by atoms with E-state index in [9.17, 15) is 9.90 Å². The topological polar surface area (TPSA) is 63.9 Å². The van der Waals surface area contributed by atoms with Gasteiger partial charge in [-0.3, -0.25) is 4.90 Å². The van der Waals surface area contributed by atoms with Gasteiger partial charge in [-0.25, -0.2) is 4.79 Å². The second-order valence-electron chi connectivity index (χ2n) is 8.92. The van der Waals surface area contributed by atoms with Crippen molar-refractivity contribution in [2.75, 3.05) is 26.3 Å². The van der Waals surface area contributed by atoms with Crippen LogP contribution in [0.5, 0.6) is 0 Å². The summed E-state index contributed by atoms with van der Waals surface area (Å²) in [6.45, 7) is 5.03. The Morgan fingerprint density at radius 1 is 1.09 bits per heavy atom. The van der Waals surface area contributed by atoms with Crippen molar-refractivity contribution in [3.8, 4) is 0 Å². The lowest BCUT2D eigenvalue weighted by Gasteiger charge is -2.32. The second-order valence-corrected chi connectivity index (χ2v) is 9.77. The molecule has 0 amide bonds. The van der Waals surface area contributed by atoms with Crippen molar-refractivity contribution in [3.63, 3.8) is 0 Å². The van der Waals surface area contributed by atoms with Crippen LogP contribution in [0.1, 0.15) is 46.7 Å². The Labute approximate surface area is 202 Å². The first-order valence-electron chi connectivity index (χ1n) is 11.6. The average molecular weight is 513 g/mol. The molecule has 0 saturated carbocycles. The number of likely N-dealkylation sites (tertiary alicyclic amines) is 1. The number of carbonyl (C=O) groups is 1. The Morgan fingerprint density at radius 3 is 2.61 bits per heavy atom. The van der Waals surface area contributed by atoms with E-state index in [0.29, 0.717) is 24.7 Å². The van der Waals surface area contributed by atoms with E-state index in [4.69, 9.17) is 9.47 Å². The molecule has 2 aromatic carbocycles. The summed E-state index contributed by atoms with van der Waals surface area (Å²) in [5.74, 6) is -0.356. The standard InChI is InChI=1S/C26H29BrN2O4/c27-23-6-5-19(26(30)31)15-20(23)16-28-10-7-18(8-11-28)22-17-29(12-9-25-32-13-14-33-25)24-4-2-1-3-21(22)24/h1-6,15,17-18,25H,7-14,16H2,(H,30,31). The van der Waals surface area contributed by atoms with Crippen LogP contribution in [0.4, 0.5) is 0 Å². The number of carboxylic acids is 1. The lowest BCUT2D eigenvalue weighted by molar-refractivity contribution is -0.0488. The van der Waals surface area contributed by atoms with Crippen LogP contribution in [-0.4, -0.2) is 53.1 Å². The van der Waals surface area contributed by atoms with E-state index in [1.54, 1.807) is 12.1 Å². The lowest BCUT2D eigenvalue weighted by atomic mass is 9.89. The number of aryl methyl sites for hydroxylation is 1. The van der Waals surface area contributed by atoms with Crippen molar-refractivity contribution >= 4 is 32.8 Å². The zero-order chi connectivity index (χ0) is 22.8. The summed E-state index contributed by atoms with van der Waals surface area (Å²) in [5, 5.41) is 10.7. The van der Waals surface area contributed by atoms with Crippen molar-refractivity contribution < 1.29 is 19.4 Å². The first-order valence-corrected chi connectivity index (χ1v) is 12.4. The molecule has 0 aliphatic carbocycles. The number of hydrogen-bond donors (Lipinski definition) is 1. The number of nitrogens with zero attached hydrogens (tertiary/aromatic N) is 2. The van der Waals surface area contributed by atoms with E-state index in [0.717, 1.165) is 55.5 Å². The maximum Gasteiger partial charge on any atom is 0.335 e. The summed E-state index contributed by atoms with van der Waals surface area (Å²) in [6, 6.07) is 13.9. The van der Waals surface area contributed by atoms with Crippen molar-refractivity contribution in [1.82, 2.24) is 9.47 Å². The van der Waals surface area contributed by atoms with Gasteiger partial charge in [0.1, 0.15) is 0 Å². The molecule has 1 N–H and O–H groups in total. The molecule has 0 spiro atoms. The van der Waals surface area contributed by atoms with Crippen LogP contribution in [0, 0.1) is 0 Å². The molecule has 2 aliphatic rings. The Kier molecular flexibility index (Phi) is 6.83. The fraction of sp³-hybridized carbons (Fsp3) is 0.423. The Bertz CT molecular complexity index is 1130. The normalized spacial score (nSPS) is 18.3. The van der Waals surface area contributed by atoms with E-state index in [1.807, 2.05) is 6.07 Å². The third-order valence-electron chi connectivity index (χ3n) is 6.83. The first-order chi connectivity index (χ1) is 16.1. The zero-order valence-corrected chi connectivity index (χ0v) is 20.2. The predicted octanol–water partition coefficient (Wildman–Crippen LogP) is 5.24. The summed E-state index contributed by atoms with van der Waals surface area (Å²) in [7, 11) is 0. The number of aromatic nitrogens is 1. The molecule has 1 aromatic heterocycles. The van der Waals surface area contributed by atoms with Gasteiger partial charge in [0.2, 0.25) is 0 Å². The minimum Gasteiger partial charge on any atom is -0.478 e. The van der Waals surface area contributed by atoms with Crippen LogP contribution in [0.15, 0.2) is 53.1 Å². The number of rotatable bonds is 7. The lowest BCUT2D eigenvalue weighted by Crippen LogP contribution is -2.32. The molecular formula is C26H29BrN2O4. The summed E-state index contributed by atoms with van der Waals surface area (Å²) >= 11 is 3.58. The van der Waals surface area contributed by atoms with Gasteiger partial charge in [-0.2, -0.15) is 0 Å². The molecule has 2 aliphatic heterocycles. The summed E-state index contributed by atoms with van der Waals surface area (Å²) in [4.78, 5) is 13.8. The molecular weight excluding hydrogens is 484 g/mol. The van der Waals surface area contributed by atoms with Gasteiger partial charge in [-0.15, -0.1) is 0 Å². The molecule has 2 saturated heterocycles. The molecule has 3 heterocycles. The third kappa shape index (κ3) is 5.01. The Hall–Kier alpha value is -2.19. The highest BCUT2D eigenvalue weighted by Gasteiger charge is 2.25. The number of ether oxygens (including phenoxy) is 2. The van der Waals surface area contributed by atoms with Gasteiger partial charge in [0, 0.05) is 41.1 Å². The summed E-state index contributed by atoms with van der Waals surface area (Å²) < 4.78 is 14.6. The van der Waals surface area contributed by atoms with Crippen LogP contribution in [0.2, 0.25) is 0 Å². The monoisotopic (exact) mass is 512 g/mol. The van der Waals surface area contributed by atoms with Gasteiger partial charge in [0.05, 0.1) is 18.8 Å². The number of benzene rings is 2. The molecule has 2 fully saturated rings. The Morgan fingerprint density at radius 2 is 1.85 bits per heavy atom. The first kappa shape index (κ1) is 22.6. The zero-order valence-electron chi connectivity index (χ0n) is 18.6. The number of piperidine rings is 1. The van der Waals surface area contributed by atoms with Crippen LogP contribution in [0.3, 0.4) is 0 Å². The second kappa shape index (κ2) is 9.97. The average Bonchev–Trinajstić information content (AvgIpc) is 3.48. The summed E-state index contributed by atoms with van der Waals surface area (Å²) in [6.07, 6.45) is 5.31. The van der Waals surface area contributed by atoms with Crippen LogP contribution in [-0.2, 0) is 22.6 Å². The van der Waals surface area contributed by atoms with Gasteiger partial charge in [0.25, 0.3) is 0 Å². The van der Waals surface area contributed by atoms with E-state index in [2.05, 4.69) is 55.9 Å². The fourth-order valence-corrected chi connectivity index (χ4v) is 5.45. The van der Waals surface area contributed by atoms with Gasteiger partial charge < -0.3 is 19.1 Å². The molecule has 174 valence electrons. The molecule has 3 aromatic rings. The molecule has 0 unspecified atom stereocenters. The smallest absolute Gasteiger partial charge is 0.335 e. The van der Waals surface area contributed by atoms with E-state index in [1.165, 1.54) is 16.5 Å². The molecule has 33 heavy (non-hydrogen) atoms. The third-order valence-corrected chi connectivity index (χ3v) is 7.60. The van der Waals surface area contributed by atoms with Crippen LogP contribution >= 0.6 is 15.9 Å². The molecule has 5 rings (SSSR count). The molecule has 0 bridgehead atoms. The van der Waals surface area contributed by atoms with Crippen molar-refractivity contribution in [2.24, 2.45) is 0 Å². The van der Waals surface area contributed by atoms with Gasteiger partial charge in [0.15, 0.2) is 6.29 Å². The minimum atomic E-state index is -0.884. The van der Waals surface area contributed by atoms with Gasteiger partial charge in [-0.1, -0.05) is 34.1 Å². The number of halogens is 1.